The van der Waals surface area contributed by atoms with E-state index >= 15 is 0 Å². The van der Waals surface area contributed by atoms with E-state index in [9.17, 15) is 19.8 Å². The molecule has 144 valence electrons. The Bertz CT molecular complexity index is 696. The van der Waals surface area contributed by atoms with Crippen molar-refractivity contribution in [2.75, 3.05) is 0 Å². The van der Waals surface area contributed by atoms with E-state index in [1.165, 1.54) is 12.5 Å². The first-order valence-corrected chi connectivity index (χ1v) is 10.2. The van der Waals surface area contributed by atoms with Crippen molar-refractivity contribution in [1.82, 2.24) is 0 Å². The van der Waals surface area contributed by atoms with Gasteiger partial charge in [0.2, 0.25) is 0 Å². The lowest BCUT2D eigenvalue weighted by Crippen LogP contribution is -2.62. The normalized spacial score (nSPS) is 53.4. The van der Waals surface area contributed by atoms with Crippen molar-refractivity contribution < 1.29 is 19.8 Å². The van der Waals surface area contributed by atoms with Gasteiger partial charge in [0.1, 0.15) is 5.60 Å². The van der Waals surface area contributed by atoms with Crippen molar-refractivity contribution in [2.45, 2.75) is 77.9 Å². The minimum Gasteiger partial charge on any atom is -0.393 e. The van der Waals surface area contributed by atoms with Gasteiger partial charge in [0.15, 0.2) is 11.6 Å². The summed E-state index contributed by atoms with van der Waals surface area (Å²) >= 11 is 0. The molecule has 2 N–H and O–H groups in total. The highest BCUT2D eigenvalue weighted by Crippen LogP contribution is 2.68. The summed E-state index contributed by atoms with van der Waals surface area (Å²) in [6.45, 7) is 7.94. The quantitative estimate of drug-likeness (QED) is 0.754. The average Bonchev–Trinajstić information content (AvgIpc) is 2.81. The Morgan fingerprint density at radius 3 is 2.62 bits per heavy atom. The van der Waals surface area contributed by atoms with Crippen LogP contribution >= 0.6 is 0 Å². The average molecular weight is 360 g/mol. The van der Waals surface area contributed by atoms with Gasteiger partial charge in [-0.25, -0.2) is 0 Å². The van der Waals surface area contributed by atoms with Crippen LogP contribution in [0, 0.1) is 34.5 Å². The number of fused-ring (bicyclic) bond motifs is 5. The Balaban J connectivity index is 1.79. The summed E-state index contributed by atoms with van der Waals surface area (Å²) in [4.78, 5) is 24.3. The van der Waals surface area contributed by atoms with Crippen LogP contribution in [0.3, 0.4) is 0 Å². The molecule has 0 spiro atoms. The zero-order chi connectivity index (χ0) is 19.1. The smallest absolute Gasteiger partial charge is 0.161 e. The molecule has 4 aliphatic carbocycles. The Morgan fingerprint density at radius 2 is 1.96 bits per heavy atom. The Morgan fingerprint density at radius 1 is 1.27 bits per heavy atom. The number of aliphatic hydroxyl groups is 2. The van der Waals surface area contributed by atoms with Gasteiger partial charge in [0.25, 0.3) is 0 Å². The van der Waals surface area contributed by atoms with E-state index in [0.717, 1.165) is 19.3 Å². The van der Waals surface area contributed by atoms with E-state index in [-0.39, 0.29) is 28.8 Å². The Labute approximate surface area is 156 Å². The van der Waals surface area contributed by atoms with Crippen LogP contribution in [0.1, 0.15) is 66.2 Å². The third-order valence-electron chi connectivity index (χ3n) is 8.95. The van der Waals surface area contributed by atoms with Gasteiger partial charge < -0.3 is 10.2 Å². The number of aliphatic hydroxyl groups excluding tert-OH is 1. The summed E-state index contributed by atoms with van der Waals surface area (Å²) in [6.07, 6.45) is 5.44. The molecule has 0 heterocycles. The first-order chi connectivity index (χ1) is 12.0. The highest BCUT2D eigenvalue weighted by Gasteiger charge is 2.68. The van der Waals surface area contributed by atoms with Gasteiger partial charge >= 0.3 is 0 Å². The van der Waals surface area contributed by atoms with E-state index in [4.69, 9.17) is 0 Å². The van der Waals surface area contributed by atoms with E-state index in [1.807, 2.05) is 13.0 Å². The second-order valence-corrected chi connectivity index (χ2v) is 10.1. The molecule has 3 fully saturated rings. The highest BCUT2D eigenvalue weighted by molar-refractivity contribution is 5.91. The number of carbonyl (C=O) groups excluding carboxylic acids is 2. The lowest BCUT2D eigenvalue weighted by atomic mass is 9.44. The number of carbonyl (C=O) groups is 2. The van der Waals surface area contributed by atoms with Crippen LogP contribution in [0.5, 0.6) is 0 Å². The summed E-state index contributed by atoms with van der Waals surface area (Å²) in [7, 11) is 0. The van der Waals surface area contributed by atoms with Crippen molar-refractivity contribution in [3.05, 3.63) is 11.6 Å². The fourth-order valence-corrected chi connectivity index (χ4v) is 7.70. The number of rotatable bonds is 1. The van der Waals surface area contributed by atoms with Crippen molar-refractivity contribution in [3.8, 4) is 0 Å². The SMILES string of the molecule is CC(=O)[C@@]1(O)CC[C@H]2[C@@H]3CC(C)C4=CC(=O)CC[C@]4(C)[C@H]3[C@@H](O)C[C@@]21C. The number of allylic oxidation sites excluding steroid dienone is 1. The first kappa shape index (κ1) is 18.4. The molecule has 0 amide bonds. The fourth-order valence-electron chi connectivity index (χ4n) is 7.70. The monoisotopic (exact) mass is 360 g/mol. The van der Waals surface area contributed by atoms with Gasteiger partial charge in [-0.05, 0) is 74.2 Å². The minimum absolute atomic E-state index is 0.116. The number of Topliss-reactive ketones (excluding diaryl/α,β-unsaturated/α-hetero) is 1. The van der Waals surface area contributed by atoms with E-state index in [1.54, 1.807) is 0 Å². The van der Waals surface area contributed by atoms with Crippen LogP contribution in [0.4, 0.5) is 0 Å². The van der Waals surface area contributed by atoms with Crippen LogP contribution in [0.15, 0.2) is 11.6 Å². The van der Waals surface area contributed by atoms with E-state index < -0.39 is 17.1 Å². The molecular weight excluding hydrogens is 328 g/mol. The highest BCUT2D eigenvalue weighted by atomic mass is 16.3. The third-order valence-corrected chi connectivity index (χ3v) is 8.95. The maximum atomic E-state index is 12.3. The molecule has 4 heteroatoms. The summed E-state index contributed by atoms with van der Waals surface area (Å²) in [5, 5.41) is 22.5. The molecule has 4 rings (SSSR count). The summed E-state index contributed by atoms with van der Waals surface area (Å²) in [5.74, 6) is 1.03. The molecule has 0 saturated heterocycles. The molecule has 4 aliphatic rings. The lowest BCUT2D eigenvalue weighted by Gasteiger charge is -2.61. The van der Waals surface area contributed by atoms with Gasteiger partial charge in [-0.1, -0.05) is 26.3 Å². The topological polar surface area (TPSA) is 74.6 Å². The Kier molecular flexibility index (Phi) is 3.89. The van der Waals surface area contributed by atoms with Gasteiger partial charge in [0.05, 0.1) is 6.10 Å². The lowest BCUT2D eigenvalue weighted by molar-refractivity contribution is -0.181. The molecule has 8 atom stereocenters. The maximum absolute atomic E-state index is 12.3. The van der Waals surface area contributed by atoms with Gasteiger partial charge in [-0.3, -0.25) is 9.59 Å². The van der Waals surface area contributed by atoms with Gasteiger partial charge in [0, 0.05) is 11.8 Å². The Hall–Kier alpha value is -1.00. The summed E-state index contributed by atoms with van der Waals surface area (Å²) in [5.41, 5.74) is -0.792. The fraction of sp³-hybridized carbons (Fsp3) is 0.818. The molecule has 1 unspecified atom stereocenters. The second-order valence-electron chi connectivity index (χ2n) is 10.1. The van der Waals surface area contributed by atoms with Crippen molar-refractivity contribution >= 4 is 11.6 Å². The van der Waals surface area contributed by atoms with Crippen LogP contribution in [-0.2, 0) is 9.59 Å². The maximum Gasteiger partial charge on any atom is 0.161 e. The molecule has 4 nitrogen and oxygen atoms in total. The molecule has 0 aromatic rings. The number of hydrogen-bond acceptors (Lipinski definition) is 4. The van der Waals surface area contributed by atoms with Crippen LogP contribution in [0.2, 0.25) is 0 Å². The summed E-state index contributed by atoms with van der Waals surface area (Å²) in [6, 6.07) is 0. The van der Waals surface area contributed by atoms with Crippen molar-refractivity contribution in [3.63, 3.8) is 0 Å². The van der Waals surface area contributed by atoms with Crippen LogP contribution < -0.4 is 0 Å². The van der Waals surface area contributed by atoms with Crippen LogP contribution in [-0.4, -0.2) is 33.5 Å². The van der Waals surface area contributed by atoms with Crippen molar-refractivity contribution in [2.24, 2.45) is 34.5 Å². The standard InChI is InChI=1S/C22H32O4/c1-12-9-15-16-6-8-22(26,13(2)23)21(16,4)11-18(25)19(15)20(3)7-5-14(24)10-17(12)20/h10,12,15-16,18-19,25-26H,5-9,11H2,1-4H3/t12?,15-,16-,18-,19+,20-,21-,22-/m0/s1. The molecule has 0 radical (unpaired) electrons. The molecular formula is C22H32O4. The number of hydrogen-bond donors (Lipinski definition) is 2. The van der Waals surface area contributed by atoms with Crippen LogP contribution in [0.25, 0.3) is 0 Å². The number of ketones is 2. The third kappa shape index (κ3) is 2.09. The second kappa shape index (κ2) is 5.51. The molecule has 0 bridgehead atoms. The van der Waals surface area contributed by atoms with E-state index in [2.05, 4.69) is 13.8 Å². The zero-order valence-electron chi connectivity index (χ0n) is 16.4. The molecule has 0 aromatic carbocycles. The van der Waals surface area contributed by atoms with Gasteiger partial charge in [-0.2, -0.15) is 0 Å². The largest absolute Gasteiger partial charge is 0.393 e. The predicted molar refractivity (Wildman–Crippen MR) is 98.3 cm³/mol. The molecule has 3 saturated carbocycles. The predicted octanol–water partition coefficient (Wildman–Crippen LogP) is 3.06. The molecule has 0 aromatic heterocycles. The first-order valence-electron chi connectivity index (χ1n) is 10.2. The molecule has 26 heavy (non-hydrogen) atoms. The zero-order valence-corrected chi connectivity index (χ0v) is 16.4. The summed E-state index contributed by atoms with van der Waals surface area (Å²) < 4.78 is 0. The minimum atomic E-state index is -1.31. The van der Waals surface area contributed by atoms with E-state index in [0.29, 0.717) is 31.1 Å². The van der Waals surface area contributed by atoms with Crippen molar-refractivity contribution in [1.29, 1.82) is 0 Å². The molecule has 0 aliphatic heterocycles. The van der Waals surface area contributed by atoms with Gasteiger partial charge in [-0.15, -0.1) is 0 Å².